The molecule has 3 aromatic rings. The zero-order chi connectivity index (χ0) is 22.1. The molecule has 2 aromatic carbocycles. The van der Waals surface area contributed by atoms with E-state index in [4.69, 9.17) is 10.00 Å². The fraction of sp³-hybridized carbons (Fsp3) is 0.136. The van der Waals surface area contributed by atoms with Crippen molar-refractivity contribution in [2.75, 3.05) is 12.4 Å². The summed E-state index contributed by atoms with van der Waals surface area (Å²) in [5.41, 5.74) is 1.59. The zero-order valence-electron chi connectivity index (χ0n) is 16.7. The Morgan fingerprint density at radius 3 is 2.52 bits per heavy atom. The number of aryl methyl sites for hydroxylation is 1. The first-order valence-corrected chi connectivity index (χ1v) is 9.29. The molecule has 0 unspecified atom stereocenters. The molecule has 2 heterocycles. The third-order valence-electron chi connectivity index (χ3n) is 5.02. The van der Waals surface area contributed by atoms with E-state index in [-0.39, 0.29) is 34.6 Å². The number of nitriles is 1. The van der Waals surface area contributed by atoms with Gasteiger partial charge in [-0.05, 0) is 35.9 Å². The molecule has 4 rings (SSSR count). The topological polar surface area (TPSA) is 117 Å². The molecule has 0 aliphatic carbocycles. The summed E-state index contributed by atoms with van der Waals surface area (Å²) >= 11 is 0. The van der Waals surface area contributed by atoms with Crippen LogP contribution in [-0.2, 0) is 13.6 Å². The smallest absolute Gasteiger partial charge is 0.261 e. The normalized spacial score (nSPS) is 12.5. The van der Waals surface area contributed by atoms with E-state index in [0.29, 0.717) is 5.75 Å². The molecule has 154 valence electrons. The van der Waals surface area contributed by atoms with Gasteiger partial charge in [-0.25, -0.2) is 0 Å². The maximum Gasteiger partial charge on any atom is 0.261 e. The first-order valence-electron chi connectivity index (χ1n) is 9.29. The highest BCUT2D eigenvalue weighted by molar-refractivity contribution is 6.22. The van der Waals surface area contributed by atoms with Gasteiger partial charge in [0.05, 0.1) is 31.0 Å². The molecule has 9 nitrogen and oxygen atoms in total. The number of anilines is 1. The number of carbonyl (C=O) groups excluding carboxylic acids is 3. The van der Waals surface area contributed by atoms with Crippen molar-refractivity contribution in [2.24, 2.45) is 7.05 Å². The predicted octanol–water partition coefficient (Wildman–Crippen LogP) is 2.35. The van der Waals surface area contributed by atoms with Crippen LogP contribution in [0, 0.1) is 11.3 Å². The van der Waals surface area contributed by atoms with E-state index in [1.165, 1.54) is 29.1 Å². The molecule has 0 fully saturated rings. The average Bonchev–Trinajstić information content (AvgIpc) is 3.26. The van der Waals surface area contributed by atoms with Crippen molar-refractivity contribution in [3.8, 4) is 11.8 Å². The molecule has 1 aliphatic heterocycles. The van der Waals surface area contributed by atoms with E-state index in [9.17, 15) is 14.4 Å². The molecule has 0 saturated heterocycles. The van der Waals surface area contributed by atoms with Crippen molar-refractivity contribution in [1.29, 1.82) is 5.26 Å². The Bertz CT molecular complexity index is 1250. The first-order chi connectivity index (χ1) is 14.9. The Morgan fingerprint density at radius 1 is 1.13 bits per heavy atom. The quantitative estimate of drug-likeness (QED) is 0.639. The van der Waals surface area contributed by atoms with Gasteiger partial charge in [-0.1, -0.05) is 12.1 Å². The second-order valence-corrected chi connectivity index (χ2v) is 6.90. The molecular formula is C22H17N5O4. The monoisotopic (exact) mass is 415 g/mol. The highest BCUT2D eigenvalue weighted by Crippen LogP contribution is 2.26. The van der Waals surface area contributed by atoms with Gasteiger partial charge in [0.1, 0.15) is 23.2 Å². The molecular weight excluding hydrogens is 398 g/mol. The molecule has 0 radical (unpaired) electrons. The van der Waals surface area contributed by atoms with Crippen molar-refractivity contribution in [1.82, 2.24) is 14.7 Å². The number of benzene rings is 2. The van der Waals surface area contributed by atoms with E-state index in [1.807, 2.05) is 6.07 Å². The van der Waals surface area contributed by atoms with Crippen LogP contribution in [0.4, 0.5) is 5.82 Å². The number of ether oxygens (including phenoxy) is 1. The van der Waals surface area contributed by atoms with Crippen molar-refractivity contribution < 1.29 is 19.1 Å². The second-order valence-electron chi connectivity index (χ2n) is 6.90. The average molecular weight is 415 g/mol. The number of amides is 3. The fourth-order valence-corrected chi connectivity index (χ4v) is 3.34. The number of aromatic nitrogens is 2. The lowest BCUT2D eigenvalue weighted by atomic mass is 10.1. The van der Waals surface area contributed by atoms with E-state index in [1.54, 1.807) is 38.4 Å². The number of nitrogens with one attached hydrogen (secondary N) is 1. The maximum absolute atomic E-state index is 12.9. The Kier molecular flexibility index (Phi) is 4.97. The van der Waals surface area contributed by atoms with Gasteiger partial charge in [-0.2, -0.15) is 10.4 Å². The minimum absolute atomic E-state index is 0.110. The number of hydrogen-bond donors (Lipinski definition) is 1. The molecule has 9 heteroatoms. The van der Waals surface area contributed by atoms with E-state index in [0.717, 1.165) is 10.5 Å². The van der Waals surface area contributed by atoms with Crippen LogP contribution in [0.2, 0.25) is 0 Å². The van der Waals surface area contributed by atoms with Crippen molar-refractivity contribution in [2.45, 2.75) is 6.54 Å². The van der Waals surface area contributed by atoms with Crippen molar-refractivity contribution in [3.63, 3.8) is 0 Å². The van der Waals surface area contributed by atoms with Crippen LogP contribution in [0.25, 0.3) is 0 Å². The Balaban J connectivity index is 1.56. The Hall–Kier alpha value is -4.45. The molecule has 0 atom stereocenters. The van der Waals surface area contributed by atoms with Crippen LogP contribution >= 0.6 is 0 Å². The summed E-state index contributed by atoms with van der Waals surface area (Å²) < 4.78 is 6.49. The highest BCUT2D eigenvalue weighted by atomic mass is 16.5. The minimum atomic E-state index is -0.517. The Labute approximate surface area is 177 Å². The molecule has 0 bridgehead atoms. The largest absolute Gasteiger partial charge is 0.497 e. The Morgan fingerprint density at radius 2 is 1.84 bits per heavy atom. The highest BCUT2D eigenvalue weighted by Gasteiger charge is 2.36. The lowest BCUT2D eigenvalue weighted by Crippen LogP contribution is -2.29. The molecule has 0 spiro atoms. The van der Waals surface area contributed by atoms with Gasteiger partial charge >= 0.3 is 0 Å². The molecule has 0 saturated carbocycles. The number of imide groups is 1. The van der Waals surface area contributed by atoms with Gasteiger partial charge < -0.3 is 10.1 Å². The number of hydrogen-bond acceptors (Lipinski definition) is 6. The van der Waals surface area contributed by atoms with Gasteiger partial charge in [0, 0.05) is 12.6 Å². The van der Waals surface area contributed by atoms with Crippen molar-refractivity contribution in [3.05, 3.63) is 76.5 Å². The number of carbonyl (C=O) groups is 3. The standard InChI is InChI=1S/C22H17N5O4/c1-26-19(15(10-23)11-24-26)25-20(28)14-5-8-17-18(9-14)22(30)27(21(17)29)12-13-3-6-16(31-2)7-4-13/h3-9,11H,12H2,1-2H3,(H,25,28). The summed E-state index contributed by atoms with van der Waals surface area (Å²) in [6.07, 6.45) is 1.34. The van der Waals surface area contributed by atoms with Crippen LogP contribution in [0.15, 0.2) is 48.7 Å². The van der Waals surface area contributed by atoms with Crippen LogP contribution in [0.1, 0.15) is 42.2 Å². The minimum Gasteiger partial charge on any atom is -0.497 e. The van der Waals surface area contributed by atoms with Gasteiger partial charge in [-0.3, -0.25) is 24.0 Å². The van der Waals surface area contributed by atoms with Crippen LogP contribution in [0.5, 0.6) is 5.75 Å². The number of rotatable bonds is 5. The number of fused-ring (bicyclic) bond motifs is 1. The summed E-state index contributed by atoms with van der Waals surface area (Å²) in [5.74, 6) is -0.479. The SMILES string of the molecule is COc1ccc(CN2C(=O)c3ccc(C(=O)Nc4c(C#N)cnn4C)cc3C2=O)cc1. The molecule has 1 aliphatic rings. The fourth-order valence-electron chi connectivity index (χ4n) is 3.34. The van der Waals surface area contributed by atoms with Gasteiger partial charge in [-0.15, -0.1) is 0 Å². The third-order valence-corrected chi connectivity index (χ3v) is 5.02. The van der Waals surface area contributed by atoms with Crippen LogP contribution < -0.4 is 10.1 Å². The lowest BCUT2D eigenvalue weighted by Gasteiger charge is -2.14. The molecule has 31 heavy (non-hydrogen) atoms. The predicted molar refractivity (Wildman–Crippen MR) is 110 cm³/mol. The lowest BCUT2D eigenvalue weighted by molar-refractivity contribution is 0.0642. The summed E-state index contributed by atoms with van der Waals surface area (Å²) in [7, 11) is 3.15. The number of methoxy groups -OCH3 is 1. The first kappa shape index (κ1) is 19.8. The van der Waals surface area contributed by atoms with Gasteiger partial charge in [0.2, 0.25) is 0 Å². The summed E-state index contributed by atoms with van der Waals surface area (Å²) in [6.45, 7) is 0.110. The van der Waals surface area contributed by atoms with Crippen molar-refractivity contribution >= 4 is 23.5 Å². The van der Waals surface area contributed by atoms with Crippen LogP contribution in [-0.4, -0.2) is 39.5 Å². The van der Waals surface area contributed by atoms with E-state index < -0.39 is 17.7 Å². The third kappa shape index (κ3) is 3.51. The summed E-state index contributed by atoms with van der Waals surface area (Å²) in [4.78, 5) is 39.4. The van der Waals surface area contributed by atoms with E-state index >= 15 is 0 Å². The van der Waals surface area contributed by atoms with E-state index in [2.05, 4.69) is 10.4 Å². The summed E-state index contributed by atoms with van der Waals surface area (Å²) in [5, 5.41) is 15.7. The van der Waals surface area contributed by atoms with Crippen LogP contribution in [0.3, 0.4) is 0 Å². The maximum atomic E-state index is 12.9. The molecule has 1 N–H and O–H groups in total. The second kappa shape index (κ2) is 7.76. The van der Waals surface area contributed by atoms with Gasteiger partial charge in [0.25, 0.3) is 17.7 Å². The molecule has 1 aromatic heterocycles. The number of nitrogens with zero attached hydrogens (tertiary/aromatic N) is 4. The zero-order valence-corrected chi connectivity index (χ0v) is 16.7. The molecule has 3 amide bonds. The van der Waals surface area contributed by atoms with Gasteiger partial charge in [0.15, 0.2) is 0 Å². The summed E-state index contributed by atoms with van der Waals surface area (Å²) in [6, 6.07) is 13.3.